The molecule has 0 radical (unpaired) electrons. The van der Waals surface area contributed by atoms with Crippen LogP contribution in [0.3, 0.4) is 0 Å². The number of nitrogens with zero attached hydrogens (tertiary/aromatic N) is 4. The van der Waals surface area contributed by atoms with Crippen molar-refractivity contribution in [1.82, 2.24) is 24.8 Å². The van der Waals surface area contributed by atoms with Crippen LogP contribution >= 0.6 is 22.2 Å². The maximum Gasteiger partial charge on any atom is 0.272 e. The van der Waals surface area contributed by atoms with Gasteiger partial charge in [-0.25, -0.2) is 9.97 Å². The minimum atomic E-state index is -2.53. The van der Waals surface area contributed by atoms with Gasteiger partial charge in [-0.15, -0.1) is 0 Å². The van der Waals surface area contributed by atoms with Gasteiger partial charge in [0.05, 0.1) is 18.4 Å². The maximum atomic E-state index is 12.7. The SMILES string of the molecule is Cc1cnc(NC2CCS(O)(O)C2)nc1-n1cnc(C(=O)N[C@H](CO)c2cccc(Cl)c2)c1. The molecule has 1 fully saturated rings. The number of carbonyl (C=O) groups is 1. The maximum absolute atomic E-state index is 12.7. The molecule has 0 bridgehead atoms. The highest BCUT2D eigenvalue weighted by atomic mass is 35.5. The highest BCUT2D eigenvalue weighted by Crippen LogP contribution is 2.46. The Morgan fingerprint density at radius 1 is 1.36 bits per heavy atom. The lowest BCUT2D eigenvalue weighted by Gasteiger charge is -2.26. The van der Waals surface area contributed by atoms with Gasteiger partial charge in [-0.3, -0.25) is 18.5 Å². The van der Waals surface area contributed by atoms with Crippen LogP contribution in [-0.2, 0) is 0 Å². The average molecular weight is 493 g/mol. The molecule has 2 atom stereocenters. The van der Waals surface area contributed by atoms with Gasteiger partial charge in [-0.05, 0) is 31.0 Å². The molecule has 1 saturated heterocycles. The molecule has 1 amide bonds. The van der Waals surface area contributed by atoms with Crippen molar-refractivity contribution in [2.75, 3.05) is 23.4 Å². The number of anilines is 1. The van der Waals surface area contributed by atoms with E-state index in [9.17, 15) is 19.0 Å². The van der Waals surface area contributed by atoms with Crippen LogP contribution in [0.4, 0.5) is 5.95 Å². The van der Waals surface area contributed by atoms with Gasteiger partial charge in [-0.1, -0.05) is 23.7 Å². The molecule has 1 aliphatic heterocycles. The summed E-state index contributed by atoms with van der Waals surface area (Å²) in [6, 6.07) is 6.18. The fourth-order valence-corrected chi connectivity index (χ4v) is 5.55. The number of rotatable bonds is 7. The van der Waals surface area contributed by atoms with Crippen LogP contribution in [0.5, 0.6) is 0 Å². The van der Waals surface area contributed by atoms with E-state index in [0.717, 1.165) is 5.56 Å². The second-order valence-electron chi connectivity index (χ2n) is 7.93. The number of carbonyl (C=O) groups excluding carboxylic acids is 1. The van der Waals surface area contributed by atoms with Crippen molar-refractivity contribution in [2.24, 2.45) is 0 Å². The number of benzene rings is 1. The standard InChI is InChI=1S/C21H25ClN6O4S/c1-13-8-23-21(25-16-5-6-33(31,32)11-16)27-19(13)28-9-17(24-12-28)20(30)26-18(10-29)14-3-2-4-15(22)7-14/h2-4,7-9,12,16,18,29,31-32H,5-6,10-11H2,1H3,(H,26,30)(H,23,25,27)/t16?,18-/m1/s1. The number of aryl methyl sites for hydroxylation is 1. The first kappa shape index (κ1) is 23.5. The molecule has 3 aromatic rings. The van der Waals surface area contributed by atoms with Crippen molar-refractivity contribution in [3.63, 3.8) is 0 Å². The molecule has 176 valence electrons. The predicted octanol–water partition coefficient (Wildman–Crippen LogP) is 3.02. The van der Waals surface area contributed by atoms with Crippen LogP contribution in [0.15, 0.2) is 43.0 Å². The molecule has 10 nitrogen and oxygen atoms in total. The Morgan fingerprint density at radius 2 is 2.18 bits per heavy atom. The van der Waals surface area contributed by atoms with E-state index in [1.165, 1.54) is 6.33 Å². The van der Waals surface area contributed by atoms with Gasteiger partial charge in [0, 0.05) is 34.8 Å². The summed E-state index contributed by atoms with van der Waals surface area (Å²) in [5, 5.41) is 16.1. The minimum absolute atomic E-state index is 0.114. The summed E-state index contributed by atoms with van der Waals surface area (Å²) in [6.45, 7) is 1.55. The van der Waals surface area contributed by atoms with Crippen LogP contribution in [0.1, 0.15) is 34.1 Å². The van der Waals surface area contributed by atoms with Gasteiger partial charge in [0.25, 0.3) is 5.91 Å². The van der Waals surface area contributed by atoms with Gasteiger partial charge in [0.15, 0.2) is 0 Å². The number of aliphatic hydroxyl groups excluding tert-OH is 1. The van der Waals surface area contributed by atoms with Crippen LogP contribution in [0.2, 0.25) is 5.02 Å². The molecule has 0 saturated carbocycles. The van der Waals surface area contributed by atoms with Crippen molar-refractivity contribution in [3.05, 3.63) is 64.8 Å². The lowest BCUT2D eigenvalue weighted by atomic mass is 10.1. The molecule has 12 heteroatoms. The zero-order valence-electron chi connectivity index (χ0n) is 17.8. The van der Waals surface area contributed by atoms with Crippen molar-refractivity contribution < 1.29 is 19.0 Å². The molecule has 3 heterocycles. The van der Waals surface area contributed by atoms with E-state index < -0.39 is 22.5 Å². The molecular formula is C21H25ClN6O4S. The first-order chi connectivity index (χ1) is 15.7. The average Bonchev–Trinajstić information content (AvgIpc) is 3.39. The van der Waals surface area contributed by atoms with E-state index in [0.29, 0.717) is 34.5 Å². The third-order valence-electron chi connectivity index (χ3n) is 5.34. The van der Waals surface area contributed by atoms with Crippen LogP contribution in [0, 0.1) is 6.92 Å². The monoisotopic (exact) mass is 492 g/mol. The Morgan fingerprint density at radius 3 is 2.88 bits per heavy atom. The van der Waals surface area contributed by atoms with Crippen molar-refractivity contribution in [1.29, 1.82) is 0 Å². The first-order valence-corrected chi connectivity index (χ1v) is 12.6. The molecule has 1 aliphatic rings. The largest absolute Gasteiger partial charge is 0.394 e. The number of hydrogen-bond acceptors (Lipinski definition) is 8. The zero-order valence-corrected chi connectivity index (χ0v) is 19.4. The van der Waals surface area contributed by atoms with Gasteiger partial charge >= 0.3 is 0 Å². The predicted molar refractivity (Wildman–Crippen MR) is 127 cm³/mol. The summed E-state index contributed by atoms with van der Waals surface area (Å²) >= 11 is 6.01. The second-order valence-corrected chi connectivity index (χ2v) is 10.7. The third-order valence-corrected chi connectivity index (χ3v) is 7.40. The van der Waals surface area contributed by atoms with E-state index >= 15 is 0 Å². The first-order valence-electron chi connectivity index (χ1n) is 10.3. The molecule has 5 N–H and O–H groups in total. The third kappa shape index (κ3) is 5.63. The zero-order chi connectivity index (χ0) is 23.6. The van der Waals surface area contributed by atoms with E-state index in [1.54, 1.807) is 41.2 Å². The molecular weight excluding hydrogens is 468 g/mol. The number of halogens is 1. The van der Waals surface area contributed by atoms with Gasteiger partial charge in [0.1, 0.15) is 17.8 Å². The van der Waals surface area contributed by atoms with E-state index in [4.69, 9.17) is 11.6 Å². The fourth-order valence-electron chi connectivity index (χ4n) is 3.63. The summed E-state index contributed by atoms with van der Waals surface area (Å²) in [4.78, 5) is 25.7. The number of aliphatic hydroxyl groups is 1. The van der Waals surface area contributed by atoms with Crippen LogP contribution in [0.25, 0.3) is 5.82 Å². The second kappa shape index (κ2) is 9.65. The van der Waals surface area contributed by atoms with Crippen molar-refractivity contribution in [2.45, 2.75) is 25.4 Å². The molecule has 1 aromatic carbocycles. The molecule has 4 rings (SSSR count). The van der Waals surface area contributed by atoms with Crippen LogP contribution in [-0.4, -0.2) is 63.8 Å². The van der Waals surface area contributed by atoms with E-state index in [2.05, 4.69) is 25.6 Å². The van der Waals surface area contributed by atoms with Crippen molar-refractivity contribution in [3.8, 4) is 5.82 Å². The molecule has 0 aliphatic carbocycles. The van der Waals surface area contributed by atoms with Gasteiger partial charge in [0.2, 0.25) is 5.95 Å². The number of hydrogen-bond donors (Lipinski definition) is 5. The number of aromatic nitrogens is 4. The Hall–Kier alpha value is -2.70. The Labute approximate surface area is 197 Å². The Kier molecular flexibility index (Phi) is 6.86. The topological polar surface area (TPSA) is 145 Å². The molecule has 33 heavy (non-hydrogen) atoms. The minimum Gasteiger partial charge on any atom is -0.394 e. The summed E-state index contributed by atoms with van der Waals surface area (Å²) < 4.78 is 21.3. The summed E-state index contributed by atoms with van der Waals surface area (Å²) in [7, 11) is -2.53. The number of amides is 1. The van der Waals surface area contributed by atoms with E-state index in [1.807, 2.05) is 6.92 Å². The highest BCUT2D eigenvalue weighted by molar-refractivity contribution is 8.24. The fraction of sp³-hybridized carbons (Fsp3) is 0.333. The lowest BCUT2D eigenvalue weighted by molar-refractivity contribution is 0.0911. The van der Waals surface area contributed by atoms with Gasteiger partial charge in [-0.2, -0.15) is 15.6 Å². The van der Waals surface area contributed by atoms with Gasteiger partial charge < -0.3 is 15.7 Å². The van der Waals surface area contributed by atoms with Crippen molar-refractivity contribution >= 4 is 34.0 Å². The summed E-state index contributed by atoms with van der Waals surface area (Å²) in [6.07, 6.45) is 5.31. The molecule has 1 unspecified atom stereocenters. The Bertz CT molecular complexity index is 1160. The summed E-state index contributed by atoms with van der Waals surface area (Å²) in [5.41, 5.74) is 1.61. The van der Waals surface area contributed by atoms with Crippen LogP contribution < -0.4 is 10.6 Å². The summed E-state index contributed by atoms with van der Waals surface area (Å²) in [5.74, 6) is 1.09. The quantitative estimate of drug-likeness (QED) is 0.338. The lowest BCUT2D eigenvalue weighted by Crippen LogP contribution is -2.31. The normalized spacial score (nSPS) is 19.1. The Balaban J connectivity index is 1.49. The molecule has 2 aromatic heterocycles. The smallest absolute Gasteiger partial charge is 0.272 e. The molecule has 0 spiro atoms. The van der Waals surface area contributed by atoms with E-state index in [-0.39, 0.29) is 24.1 Å². The number of imidazole rings is 1. The number of nitrogens with one attached hydrogen (secondary N) is 2. The highest BCUT2D eigenvalue weighted by Gasteiger charge is 2.28.